The molecule has 2 heterocycles. The van der Waals surface area contributed by atoms with E-state index in [0.29, 0.717) is 22.3 Å². The molecule has 4 rings (SSSR count). The number of nitrogens with one attached hydrogen (secondary N) is 1. The Kier molecular flexibility index (Phi) is 6.07. The predicted octanol–water partition coefficient (Wildman–Crippen LogP) is 4.87. The summed E-state index contributed by atoms with van der Waals surface area (Å²) in [6, 6.07) is 13.2. The van der Waals surface area contributed by atoms with Crippen molar-refractivity contribution in [3.8, 4) is 0 Å². The van der Waals surface area contributed by atoms with E-state index < -0.39 is 17.3 Å². The molecule has 0 saturated carbocycles. The standard InChI is InChI=1S/C23H22ClN3O3S/c1-14(2)15-5-3-7-17(11-15)25-20(28)13-26-19-9-10-31-21(19)22(29)27(23(26)30)18-8-4-6-16(24)12-18/h3-12,14,19,21H,13H2,1-2H3,(H,25,28). The molecular formula is C23H22ClN3O3S. The topological polar surface area (TPSA) is 69.7 Å². The molecule has 8 heteroatoms. The van der Waals surface area contributed by atoms with Crippen LogP contribution in [0.5, 0.6) is 0 Å². The van der Waals surface area contributed by atoms with Crippen molar-refractivity contribution in [2.24, 2.45) is 0 Å². The van der Waals surface area contributed by atoms with Gasteiger partial charge in [0.05, 0.1) is 11.7 Å². The first-order chi connectivity index (χ1) is 14.8. The summed E-state index contributed by atoms with van der Waals surface area (Å²) < 4.78 is 0. The van der Waals surface area contributed by atoms with Gasteiger partial charge >= 0.3 is 6.03 Å². The van der Waals surface area contributed by atoms with Crippen LogP contribution in [-0.2, 0) is 9.59 Å². The van der Waals surface area contributed by atoms with E-state index in [0.717, 1.165) is 10.5 Å². The Hall–Kier alpha value is -2.77. The second-order valence-electron chi connectivity index (χ2n) is 7.77. The van der Waals surface area contributed by atoms with Gasteiger partial charge in [-0.15, -0.1) is 11.8 Å². The minimum Gasteiger partial charge on any atom is -0.325 e. The minimum absolute atomic E-state index is 0.166. The number of anilines is 2. The Morgan fingerprint density at radius 3 is 2.68 bits per heavy atom. The van der Waals surface area contributed by atoms with Gasteiger partial charge in [-0.25, -0.2) is 9.69 Å². The molecule has 2 aromatic rings. The Morgan fingerprint density at radius 1 is 1.16 bits per heavy atom. The van der Waals surface area contributed by atoms with Crippen LogP contribution < -0.4 is 10.2 Å². The first-order valence-electron chi connectivity index (χ1n) is 9.97. The predicted molar refractivity (Wildman–Crippen MR) is 125 cm³/mol. The normalized spacial score (nSPS) is 20.4. The number of halogens is 1. The van der Waals surface area contributed by atoms with Crippen molar-refractivity contribution < 1.29 is 14.4 Å². The molecule has 1 saturated heterocycles. The van der Waals surface area contributed by atoms with Gasteiger partial charge in [-0.05, 0) is 47.2 Å². The van der Waals surface area contributed by atoms with Crippen molar-refractivity contribution in [3.05, 3.63) is 70.6 Å². The molecule has 31 heavy (non-hydrogen) atoms. The van der Waals surface area contributed by atoms with Gasteiger partial charge in [0.25, 0.3) is 5.91 Å². The van der Waals surface area contributed by atoms with Crippen molar-refractivity contribution >= 4 is 52.6 Å². The highest BCUT2D eigenvalue weighted by Crippen LogP contribution is 2.36. The summed E-state index contributed by atoms with van der Waals surface area (Å²) in [5.41, 5.74) is 2.18. The number of fused-ring (bicyclic) bond motifs is 1. The summed E-state index contributed by atoms with van der Waals surface area (Å²) in [5, 5.41) is 4.61. The lowest BCUT2D eigenvalue weighted by atomic mass is 10.0. The second-order valence-corrected chi connectivity index (χ2v) is 9.26. The molecule has 2 atom stereocenters. The largest absolute Gasteiger partial charge is 0.332 e. The van der Waals surface area contributed by atoms with Gasteiger partial charge in [0.15, 0.2) is 0 Å². The van der Waals surface area contributed by atoms with Crippen LogP contribution in [0.4, 0.5) is 16.2 Å². The Bertz CT molecular complexity index is 1070. The molecule has 4 amide bonds. The van der Waals surface area contributed by atoms with Crippen LogP contribution >= 0.6 is 23.4 Å². The van der Waals surface area contributed by atoms with E-state index in [1.807, 2.05) is 24.3 Å². The summed E-state index contributed by atoms with van der Waals surface area (Å²) in [6.45, 7) is 4.00. The van der Waals surface area contributed by atoms with Crippen molar-refractivity contribution in [2.75, 3.05) is 16.8 Å². The lowest BCUT2D eigenvalue weighted by Gasteiger charge is -2.40. The molecule has 0 aliphatic carbocycles. The van der Waals surface area contributed by atoms with Crippen LogP contribution in [-0.4, -0.2) is 40.6 Å². The van der Waals surface area contributed by atoms with Gasteiger partial charge in [0.1, 0.15) is 11.8 Å². The monoisotopic (exact) mass is 455 g/mol. The number of hydrogen-bond donors (Lipinski definition) is 1. The fourth-order valence-electron chi connectivity index (χ4n) is 3.70. The number of urea groups is 1. The van der Waals surface area contributed by atoms with Crippen LogP contribution in [0.3, 0.4) is 0 Å². The smallest absolute Gasteiger partial charge is 0.325 e. The number of nitrogens with zero attached hydrogens (tertiary/aromatic N) is 2. The zero-order valence-electron chi connectivity index (χ0n) is 17.1. The van der Waals surface area contributed by atoms with E-state index in [4.69, 9.17) is 11.6 Å². The van der Waals surface area contributed by atoms with E-state index in [2.05, 4.69) is 19.2 Å². The van der Waals surface area contributed by atoms with Gasteiger partial charge in [0.2, 0.25) is 5.91 Å². The Morgan fingerprint density at radius 2 is 1.94 bits per heavy atom. The molecule has 1 fully saturated rings. The maximum absolute atomic E-state index is 13.3. The molecule has 2 aliphatic rings. The maximum Gasteiger partial charge on any atom is 0.332 e. The average Bonchev–Trinajstić information content (AvgIpc) is 3.22. The average molecular weight is 456 g/mol. The first-order valence-corrected chi connectivity index (χ1v) is 11.3. The molecule has 160 valence electrons. The highest BCUT2D eigenvalue weighted by Gasteiger charge is 2.48. The van der Waals surface area contributed by atoms with Gasteiger partial charge in [-0.1, -0.05) is 49.7 Å². The summed E-state index contributed by atoms with van der Waals surface area (Å²) in [4.78, 5) is 41.7. The van der Waals surface area contributed by atoms with Crippen LogP contribution in [0, 0.1) is 0 Å². The fraction of sp³-hybridized carbons (Fsp3) is 0.261. The fourth-order valence-corrected chi connectivity index (χ4v) is 4.92. The third kappa shape index (κ3) is 4.34. The number of hydrogen-bond acceptors (Lipinski definition) is 4. The summed E-state index contributed by atoms with van der Waals surface area (Å²) in [6.07, 6.45) is 1.80. The lowest BCUT2D eigenvalue weighted by Crippen LogP contribution is -2.63. The minimum atomic E-state index is -0.535. The molecule has 6 nitrogen and oxygen atoms in total. The Balaban J connectivity index is 1.57. The summed E-state index contributed by atoms with van der Waals surface area (Å²) in [7, 11) is 0. The molecular weight excluding hydrogens is 434 g/mol. The molecule has 1 N–H and O–H groups in total. The highest BCUT2D eigenvalue weighted by atomic mass is 35.5. The number of imide groups is 1. The van der Waals surface area contributed by atoms with E-state index in [1.165, 1.54) is 16.7 Å². The zero-order valence-corrected chi connectivity index (χ0v) is 18.7. The number of benzene rings is 2. The number of amides is 4. The van der Waals surface area contributed by atoms with Gasteiger partial charge < -0.3 is 10.2 Å². The molecule has 0 bridgehead atoms. The highest BCUT2D eigenvalue weighted by molar-refractivity contribution is 8.03. The lowest BCUT2D eigenvalue weighted by molar-refractivity contribution is -0.121. The molecule has 0 aromatic heterocycles. The van der Waals surface area contributed by atoms with Crippen molar-refractivity contribution in [2.45, 2.75) is 31.1 Å². The third-order valence-corrected chi connectivity index (χ3v) is 6.61. The van der Waals surface area contributed by atoms with E-state index in [1.54, 1.807) is 35.7 Å². The number of carbonyl (C=O) groups excluding carboxylic acids is 3. The molecule has 2 aromatic carbocycles. The van der Waals surface area contributed by atoms with Crippen molar-refractivity contribution in [3.63, 3.8) is 0 Å². The molecule has 0 spiro atoms. The summed E-state index contributed by atoms with van der Waals surface area (Å²) in [5.74, 6) is -0.300. The molecule has 2 aliphatic heterocycles. The zero-order chi connectivity index (χ0) is 22.1. The molecule has 2 unspecified atom stereocenters. The van der Waals surface area contributed by atoms with Gasteiger partial charge in [0, 0.05) is 10.7 Å². The number of carbonyl (C=O) groups is 3. The van der Waals surface area contributed by atoms with Gasteiger partial charge in [-0.3, -0.25) is 9.59 Å². The second kappa shape index (κ2) is 8.77. The van der Waals surface area contributed by atoms with E-state index in [-0.39, 0.29) is 18.4 Å². The van der Waals surface area contributed by atoms with Crippen LogP contribution in [0.1, 0.15) is 25.3 Å². The first kappa shape index (κ1) is 21.5. The quantitative estimate of drug-likeness (QED) is 0.698. The van der Waals surface area contributed by atoms with Crippen LogP contribution in [0.2, 0.25) is 5.02 Å². The van der Waals surface area contributed by atoms with Gasteiger partial charge in [-0.2, -0.15) is 0 Å². The third-order valence-electron chi connectivity index (χ3n) is 5.29. The van der Waals surface area contributed by atoms with E-state index >= 15 is 0 Å². The van der Waals surface area contributed by atoms with Crippen molar-refractivity contribution in [1.82, 2.24) is 4.90 Å². The number of thioether (sulfide) groups is 1. The maximum atomic E-state index is 13.3. The Labute approximate surface area is 190 Å². The SMILES string of the molecule is CC(C)c1cccc(NC(=O)CN2C(=O)N(c3cccc(Cl)c3)C(=O)C3SC=CC32)c1. The summed E-state index contributed by atoms with van der Waals surface area (Å²) >= 11 is 7.42. The van der Waals surface area contributed by atoms with Crippen LogP contribution in [0.15, 0.2) is 60.0 Å². The van der Waals surface area contributed by atoms with Crippen LogP contribution in [0.25, 0.3) is 0 Å². The van der Waals surface area contributed by atoms with Crippen molar-refractivity contribution in [1.29, 1.82) is 0 Å². The number of rotatable bonds is 5. The van der Waals surface area contributed by atoms with E-state index in [9.17, 15) is 14.4 Å². The molecule has 0 radical (unpaired) electrons.